The predicted octanol–water partition coefficient (Wildman–Crippen LogP) is 1.30. The van der Waals surface area contributed by atoms with Crippen molar-refractivity contribution in [3.8, 4) is 0 Å². The van der Waals surface area contributed by atoms with Gasteiger partial charge in [0.1, 0.15) is 0 Å². The normalized spacial score (nSPS) is 16.8. The van der Waals surface area contributed by atoms with Gasteiger partial charge in [0.2, 0.25) is 10.0 Å². The number of nitrogens with zero attached hydrogens (tertiary/aromatic N) is 1. The van der Waals surface area contributed by atoms with Gasteiger partial charge in [0.05, 0.1) is 23.7 Å². The Morgan fingerprint density at radius 2 is 2.00 bits per heavy atom. The van der Waals surface area contributed by atoms with Crippen molar-refractivity contribution < 1.29 is 22.7 Å². The molecule has 0 amide bonds. The molecule has 8 heteroatoms. The van der Waals surface area contributed by atoms with Crippen molar-refractivity contribution in [2.75, 3.05) is 33.4 Å². The van der Waals surface area contributed by atoms with Gasteiger partial charge < -0.3 is 15.2 Å². The van der Waals surface area contributed by atoms with E-state index in [9.17, 15) is 13.2 Å². The minimum absolute atomic E-state index is 0.0847. The Hall–Kier alpha value is -1.48. The Morgan fingerprint density at radius 3 is 2.56 bits per heavy atom. The van der Waals surface area contributed by atoms with Crippen LogP contribution in [0.1, 0.15) is 35.2 Å². The van der Waals surface area contributed by atoms with E-state index in [-0.39, 0.29) is 11.0 Å². The number of benzene rings is 1. The third-order valence-electron chi connectivity index (χ3n) is 4.34. The number of esters is 1. The highest BCUT2D eigenvalue weighted by Crippen LogP contribution is 2.24. The van der Waals surface area contributed by atoms with E-state index in [0.29, 0.717) is 50.2 Å². The Bertz CT molecular complexity index is 697. The molecule has 140 valence electrons. The Balaban J connectivity index is 2.05. The second-order valence-electron chi connectivity index (χ2n) is 6.08. The van der Waals surface area contributed by atoms with Crippen molar-refractivity contribution >= 4 is 16.0 Å². The van der Waals surface area contributed by atoms with Gasteiger partial charge in [-0.1, -0.05) is 0 Å². The smallest absolute Gasteiger partial charge is 0.338 e. The first-order valence-electron chi connectivity index (χ1n) is 8.41. The summed E-state index contributed by atoms with van der Waals surface area (Å²) in [5, 5.41) is 0. The first kappa shape index (κ1) is 19.8. The summed E-state index contributed by atoms with van der Waals surface area (Å²) in [5.74, 6) is -0.475. The quantitative estimate of drug-likeness (QED) is 0.574. The number of sulfonamides is 1. The van der Waals surface area contributed by atoms with Gasteiger partial charge in [-0.05, 0) is 56.5 Å². The van der Waals surface area contributed by atoms with E-state index >= 15 is 0 Å². The number of carbonyl (C=O) groups is 1. The summed E-state index contributed by atoms with van der Waals surface area (Å²) in [7, 11) is -2.28. The minimum atomic E-state index is -3.58. The van der Waals surface area contributed by atoms with Crippen LogP contribution in [0.4, 0.5) is 0 Å². The zero-order valence-electron chi connectivity index (χ0n) is 14.7. The molecule has 1 aromatic rings. The van der Waals surface area contributed by atoms with Crippen LogP contribution in [0, 0.1) is 6.92 Å². The molecular weight excluding hydrogens is 344 g/mol. The van der Waals surface area contributed by atoms with Gasteiger partial charge in [-0.15, -0.1) is 0 Å². The topological polar surface area (TPSA) is 98.9 Å². The molecular formula is C17H26N2O5S. The molecule has 0 bridgehead atoms. The summed E-state index contributed by atoms with van der Waals surface area (Å²) in [5.41, 5.74) is 6.39. The van der Waals surface area contributed by atoms with Gasteiger partial charge in [-0.25, -0.2) is 13.2 Å². The van der Waals surface area contributed by atoms with Crippen LogP contribution < -0.4 is 5.73 Å². The van der Waals surface area contributed by atoms with Gasteiger partial charge >= 0.3 is 5.97 Å². The number of piperidine rings is 1. The van der Waals surface area contributed by atoms with Gasteiger partial charge in [0, 0.05) is 19.7 Å². The fraction of sp³-hybridized carbons (Fsp3) is 0.588. The highest BCUT2D eigenvalue weighted by molar-refractivity contribution is 7.89. The fourth-order valence-electron chi connectivity index (χ4n) is 2.86. The van der Waals surface area contributed by atoms with E-state index in [0.717, 1.165) is 6.42 Å². The van der Waals surface area contributed by atoms with E-state index in [2.05, 4.69) is 0 Å². The molecule has 0 radical (unpaired) electrons. The Morgan fingerprint density at radius 1 is 1.32 bits per heavy atom. The maximum atomic E-state index is 12.8. The molecule has 1 aliphatic heterocycles. The molecule has 0 spiro atoms. The van der Waals surface area contributed by atoms with Gasteiger partial charge in [-0.2, -0.15) is 4.31 Å². The molecule has 1 heterocycles. The SMILES string of the molecule is COC(=O)c1ccc(S(=O)(=O)N2CCC(OCCCN)CC2)cc1C. The summed E-state index contributed by atoms with van der Waals surface area (Å²) in [4.78, 5) is 11.8. The van der Waals surface area contributed by atoms with Crippen molar-refractivity contribution in [1.82, 2.24) is 4.31 Å². The van der Waals surface area contributed by atoms with Crippen LogP contribution in [0.25, 0.3) is 0 Å². The number of nitrogens with two attached hydrogens (primary N) is 1. The number of ether oxygens (including phenoxy) is 2. The van der Waals surface area contributed by atoms with Gasteiger partial charge in [0.25, 0.3) is 0 Å². The van der Waals surface area contributed by atoms with Crippen molar-refractivity contribution in [3.05, 3.63) is 29.3 Å². The average Bonchev–Trinajstić information content (AvgIpc) is 2.61. The summed E-state index contributed by atoms with van der Waals surface area (Å²) in [6.07, 6.45) is 2.23. The zero-order chi connectivity index (χ0) is 18.4. The first-order valence-corrected chi connectivity index (χ1v) is 9.85. The molecule has 0 aromatic heterocycles. The van der Waals surface area contributed by atoms with Gasteiger partial charge in [0.15, 0.2) is 0 Å². The average molecular weight is 370 g/mol. The van der Waals surface area contributed by atoms with Crippen LogP contribution in [-0.2, 0) is 19.5 Å². The van der Waals surface area contributed by atoms with Gasteiger partial charge in [-0.3, -0.25) is 0 Å². The van der Waals surface area contributed by atoms with E-state index in [1.807, 2.05) is 0 Å². The summed E-state index contributed by atoms with van der Waals surface area (Å²) in [6, 6.07) is 4.47. The molecule has 1 saturated heterocycles. The first-order chi connectivity index (χ1) is 11.9. The maximum Gasteiger partial charge on any atom is 0.338 e. The Kier molecular flexibility index (Phi) is 6.95. The molecule has 0 unspecified atom stereocenters. The Labute approximate surface area is 149 Å². The fourth-order valence-corrected chi connectivity index (χ4v) is 4.41. The molecule has 2 N–H and O–H groups in total. The standard InChI is InChI=1S/C17H26N2O5S/c1-13-12-15(4-5-16(13)17(20)23-2)25(21,22)19-9-6-14(7-10-19)24-11-3-8-18/h4-5,12,14H,3,6-11,18H2,1-2H3. The van der Waals surface area contributed by atoms with Crippen molar-refractivity contribution in [2.45, 2.75) is 37.2 Å². The molecule has 2 rings (SSSR count). The lowest BCUT2D eigenvalue weighted by Gasteiger charge is -2.31. The lowest BCUT2D eigenvalue weighted by molar-refractivity contribution is 0.0209. The largest absolute Gasteiger partial charge is 0.465 e. The van der Waals surface area contributed by atoms with Crippen LogP contribution in [0.15, 0.2) is 23.1 Å². The molecule has 0 saturated carbocycles. The van der Waals surface area contributed by atoms with E-state index in [1.165, 1.54) is 29.6 Å². The van der Waals surface area contributed by atoms with Crippen LogP contribution in [0.2, 0.25) is 0 Å². The highest BCUT2D eigenvalue weighted by Gasteiger charge is 2.30. The molecule has 1 aromatic carbocycles. The minimum Gasteiger partial charge on any atom is -0.465 e. The number of hydrogen-bond donors (Lipinski definition) is 1. The van der Waals surface area contributed by atoms with E-state index in [4.69, 9.17) is 15.2 Å². The summed E-state index contributed by atoms with van der Waals surface area (Å²) < 4.78 is 37.5. The summed E-state index contributed by atoms with van der Waals surface area (Å²) >= 11 is 0. The van der Waals surface area contributed by atoms with E-state index < -0.39 is 16.0 Å². The predicted molar refractivity (Wildman–Crippen MR) is 93.9 cm³/mol. The number of hydrogen-bond acceptors (Lipinski definition) is 6. The van der Waals surface area contributed by atoms with Crippen molar-refractivity contribution in [3.63, 3.8) is 0 Å². The maximum absolute atomic E-state index is 12.8. The van der Waals surface area contributed by atoms with Crippen LogP contribution >= 0.6 is 0 Å². The second kappa shape index (κ2) is 8.75. The molecule has 7 nitrogen and oxygen atoms in total. The number of carbonyl (C=O) groups excluding carboxylic acids is 1. The zero-order valence-corrected chi connectivity index (χ0v) is 15.5. The van der Waals surface area contributed by atoms with Crippen LogP contribution in [-0.4, -0.2) is 58.1 Å². The summed E-state index contributed by atoms with van der Waals surface area (Å²) in [6.45, 7) is 3.75. The second-order valence-corrected chi connectivity index (χ2v) is 8.02. The lowest BCUT2D eigenvalue weighted by Crippen LogP contribution is -2.41. The lowest BCUT2D eigenvalue weighted by atomic mass is 10.1. The monoisotopic (exact) mass is 370 g/mol. The molecule has 1 fully saturated rings. The third-order valence-corrected chi connectivity index (χ3v) is 6.24. The highest BCUT2D eigenvalue weighted by atomic mass is 32.2. The molecule has 0 atom stereocenters. The van der Waals surface area contributed by atoms with Crippen LogP contribution in [0.3, 0.4) is 0 Å². The van der Waals surface area contributed by atoms with Crippen LogP contribution in [0.5, 0.6) is 0 Å². The molecule has 0 aliphatic carbocycles. The molecule has 1 aliphatic rings. The number of aryl methyl sites for hydroxylation is 1. The van der Waals surface area contributed by atoms with Crippen molar-refractivity contribution in [2.24, 2.45) is 5.73 Å². The molecule has 25 heavy (non-hydrogen) atoms. The number of rotatable bonds is 7. The number of methoxy groups -OCH3 is 1. The third kappa shape index (κ3) is 4.78. The van der Waals surface area contributed by atoms with Crippen molar-refractivity contribution in [1.29, 1.82) is 0 Å². The van der Waals surface area contributed by atoms with E-state index in [1.54, 1.807) is 6.92 Å².